The molecular formula is C15H10ClN3O4. The van der Waals surface area contributed by atoms with Crippen molar-refractivity contribution in [2.75, 3.05) is 0 Å². The lowest BCUT2D eigenvalue weighted by atomic mass is 10.2. The van der Waals surface area contributed by atoms with Gasteiger partial charge < -0.3 is 9.15 Å². The maximum Gasteiger partial charge on any atom is 0.269 e. The minimum Gasteiger partial charge on any atom is -0.484 e. The van der Waals surface area contributed by atoms with Gasteiger partial charge in [0.2, 0.25) is 5.89 Å². The van der Waals surface area contributed by atoms with Gasteiger partial charge >= 0.3 is 0 Å². The van der Waals surface area contributed by atoms with Gasteiger partial charge in [-0.3, -0.25) is 10.1 Å². The molecule has 0 fully saturated rings. The first-order chi connectivity index (χ1) is 11.1. The van der Waals surface area contributed by atoms with E-state index in [4.69, 9.17) is 20.8 Å². The van der Waals surface area contributed by atoms with Crippen molar-refractivity contribution < 1.29 is 14.1 Å². The van der Waals surface area contributed by atoms with E-state index in [9.17, 15) is 10.1 Å². The van der Waals surface area contributed by atoms with Crippen molar-refractivity contribution in [1.29, 1.82) is 0 Å². The van der Waals surface area contributed by atoms with Crippen LogP contribution in [0.25, 0.3) is 11.5 Å². The van der Waals surface area contributed by atoms with E-state index < -0.39 is 4.92 Å². The smallest absolute Gasteiger partial charge is 0.269 e. The molecule has 116 valence electrons. The molecule has 1 aromatic heterocycles. The predicted molar refractivity (Wildman–Crippen MR) is 82.2 cm³/mol. The summed E-state index contributed by atoms with van der Waals surface area (Å²) in [6.45, 7) is 0.0679. The lowest BCUT2D eigenvalue weighted by Gasteiger charge is -2.02. The summed E-state index contributed by atoms with van der Waals surface area (Å²) in [4.78, 5) is 10.1. The third-order valence-electron chi connectivity index (χ3n) is 2.97. The van der Waals surface area contributed by atoms with Crippen LogP contribution in [-0.4, -0.2) is 15.1 Å². The van der Waals surface area contributed by atoms with Crippen LogP contribution in [0.3, 0.4) is 0 Å². The van der Waals surface area contributed by atoms with E-state index in [1.165, 1.54) is 24.3 Å². The first kappa shape index (κ1) is 15.0. The average molecular weight is 332 g/mol. The molecule has 0 aliphatic rings. The zero-order valence-corrected chi connectivity index (χ0v) is 12.4. The van der Waals surface area contributed by atoms with Crippen molar-refractivity contribution in [2.24, 2.45) is 0 Å². The van der Waals surface area contributed by atoms with Crippen LogP contribution in [0.1, 0.15) is 5.89 Å². The molecule has 0 amide bonds. The largest absolute Gasteiger partial charge is 0.484 e. The minimum atomic E-state index is -0.472. The average Bonchev–Trinajstić information content (AvgIpc) is 3.03. The Bertz CT molecular complexity index is 815. The molecule has 0 spiro atoms. The summed E-state index contributed by atoms with van der Waals surface area (Å²) in [5.41, 5.74) is 0.753. The molecule has 0 radical (unpaired) electrons. The third kappa shape index (κ3) is 3.64. The Labute approximate surface area is 135 Å². The summed E-state index contributed by atoms with van der Waals surface area (Å²) >= 11 is 5.82. The summed E-state index contributed by atoms with van der Waals surface area (Å²) in [5, 5.41) is 19.0. The second kappa shape index (κ2) is 6.45. The van der Waals surface area contributed by atoms with Crippen molar-refractivity contribution in [3.63, 3.8) is 0 Å². The van der Waals surface area contributed by atoms with Crippen LogP contribution >= 0.6 is 11.6 Å². The highest BCUT2D eigenvalue weighted by Crippen LogP contribution is 2.21. The molecule has 0 saturated heterocycles. The number of benzene rings is 2. The monoisotopic (exact) mass is 331 g/mol. The number of nitro benzene ring substituents is 1. The van der Waals surface area contributed by atoms with Gasteiger partial charge in [-0.15, -0.1) is 10.2 Å². The van der Waals surface area contributed by atoms with Gasteiger partial charge in [0.15, 0.2) is 6.61 Å². The molecule has 0 N–H and O–H groups in total. The SMILES string of the molecule is O=[N+]([O-])c1ccc(OCc2nnc(-c3ccc(Cl)cc3)o2)cc1. The molecule has 7 nitrogen and oxygen atoms in total. The number of halogens is 1. The second-order valence-electron chi connectivity index (χ2n) is 4.55. The molecule has 1 heterocycles. The number of hydrogen-bond acceptors (Lipinski definition) is 6. The van der Waals surface area contributed by atoms with Crippen molar-refractivity contribution >= 4 is 17.3 Å². The fourth-order valence-corrected chi connectivity index (χ4v) is 1.96. The van der Waals surface area contributed by atoms with E-state index in [2.05, 4.69) is 10.2 Å². The van der Waals surface area contributed by atoms with Crippen LogP contribution in [0.15, 0.2) is 52.9 Å². The zero-order chi connectivity index (χ0) is 16.2. The van der Waals surface area contributed by atoms with E-state index in [0.29, 0.717) is 22.6 Å². The standard InChI is InChI=1S/C15H10ClN3O4/c16-11-3-1-10(2-4-11)15-18-17-14(23-15)9-22-13-7-5-12(6-8-13)19(20)21/h1-8H,9H2. The quantitative estimate of drug-likeness (QED) is 0.520. The molecule has 0 aliphatic carbocycles. The Morgan fingerprint density at radius 2 is 1.78 bits per heavy atom. The summed E-state index contributed by atoms with van der Waals surface area (Å²) in [6, 6.07) is 12.8. The number of non-ortho nitro benzene ring substituents is 1. The summed E-state index contributed by atoms with van der Waals surface area (Å²) in [5.74, 6) is 1.14. The topological polar surface area (TPSA) is 91.3 Å². The maximum atomic E-state index is 10.6. The highest BCUT2D eigenvalue weighted by Gasteiger charge is 2.10. The summed E-state index contributed by atoms with van der Waals surface area (Å²) in [7, 11) is 0. The first-order valence-corrected chi connectivity index (χ1v) is 6.95. The van der Waals surface area contributed by atoms with Crippen molar-refractivity contribution in [2.45, 2.75) is 6.61 Å². The van der Waals surface area contributed by atoms with E-state index in [1.54, 1.807) is 24.3 Å². The molecule has 23 heavy (non-hydrogen) atoms. The van der Waals surface area contributed by atoms with Gasteiger partial charge in [0, 0.05) is 22.7 Å². The fraction of sp³-hybridized carbons (Fsp3) is 0.0667. The first-order valence-electron chi connectivity index (χ1n) is 6.57. The van der Waals surface area contributed by atoms with E-state index >= 15 is 0 Å². The van der Waals surface area contributed by atoms with Gasteiger partial charge in [-0.1, -0.05) is 11.6 Å². The molecule has 0 aliphatic heterocycles. The highest BCUT2D eigenvalue weighted by molar-refractivity contribution is 6.30. The number of aromatic nitrogens is 2. The van der Waals surface area contributed by atoms with Gasteiger partial charge in [-0.2, -0.15) is 0 Å². The van der Waals surface area contributed by atoms with Crippen molar-refractivity contribution in [1.82, 2.24) is 10.2 Å². The Hall–Kier alpha value is -2.93. The Kier molecular flexibility index (Phi) is 4.20. The molecule has 0 unspecified atom stereocenters. The van der Waals surface area contributed by atoms with Crippen LogP contribution in [0.5, 0.6) is 5.75 Å². The number of hydrogen-bond donors (Lipinski definition) is 0. The molecule has 0 atom stereocenters. The normalized spacial score (nSPS) is 10.5. The van der Waals surface area contributed by atoms with Crippen LogP contribution < -0.4 is 4.74 Å². The maximum absolute atomic E-state index is 10.6. The van der Waals surface area contributed by atoms with Gasteiger partial charge in [0.05, 0.1) is 4.92 Å². The van der Waals surface area contributed by atoms with Gasteiger partial charge in [-0.25, -0.2) is 0 Å². The zero-order valence-electron chi connectivity index (χ0n) is 11.7. The molecule has 0 saturated carbocycles. The Morgan fingerprint density at radius 3 is 2.43 bits per heavy atom. The molecule has 3 rings (SSSR count). The third-order valence-corrected chi connectivity index (χ3v) is 3.22. The lowest BCUT2D eigenvalue weighted by molar-refractivity contribution is -0.384. The Balaban J connectivity index is 1.65. The summed E-state index contributed by atoms with van der Waals surface area (Å²) in [6.07, 6.45) is 0. The van der Waals surface area contributed by atoms with Gasteiger partial charge in [0.25, 0.3) is 11.6 Å². The van der Waals surface area contributed by atoms with E-state index in [0.717, 1.165) is 5.56 Å². The van der Waals surface area contributed by atoms with Gasteiger partial charge in [0.1, 0.15) is 5.75 Å². The predicted octanol–water partition coefficient (Wildman–Crippen LogP) is 3.88. The number of nitro groups is 1. The number of nitrogens with zero attached hydrogens (tertiary/aromatic N) is 3. The Morgan fingerprint density at radius 1 is 1.09 bits per heavy atom. The van der Waals surface area contributed by atoms with Gasteiger partial charge in [-0.05, 0) is 36.4 Å². The van der Waals surface area contributed by atoms with Crippen LogP contribution in [0.4, 0.5) is 5.69 Å². The number of rotatable bonds is 5. The van der Waals surface area contributed by atoms with Crippen LogP contribution in [-0.2, 0) is 6.61 Å². The van der Waals surface area contributed by atoms with Crippen LogP contribution in [0.2, 0.25) is 5.02 Å². The fourth-order valence-electron chi connectivity index (χ4n) is 1.83. The minimum absolute atomic E-state index is 0.000153. The molecular weight excluding hydrogens is 322 g/mol. The molecule has 2 aromatic carbocycles. The van der Waals surface area contributed by atoms with Crippen LogP contribution in [0, 0.1) is 10.1 Å². The molecule has 0 bridgehead atoms. The summed E-state index contributed by atoms with van der Waals surface area (Å²) < 4.78 is 10.9. The molecule has 8 heteroatoms. The molecule has 3 aromatic rings. The van der Waals surface area contributed by atoms with E-state index in [-0.39, 0.29) is 12.3 Å². The second-order valence-corrected chi connectivity index (χ2v) is 4.98. The lowest BCUT2D eigenvalue weighted by Crippen LogP contribution is -1.96. The van der Waals surface area contributed by atoms with Crippen molar-refractivity contribution in [3.8, 4) is 17.2 Å². The highest BCUT2D eigenvalue weighted by atomic mass is 35.5. The number of ether oxygens (including phenoxy) is 1. The van der Waals surface area contributed by atoms with Crippen molar-refractivity contribution in [3.05, 3.63) is 69.6 Å². The van der Waals surface area contributed by atoms with E-state index in [1.807, 2.05) is 0 Å².